The van der Waals surface area contributed by atoms with E-state index < -0.39 is 38.2 Å². The fourth-order valence-electron chi connectivity index (χ4n) is 3.13. The quantitative estimate of drug-likeness (QED) is 0.686. The molecule has 0 unspecified atom stereocenters. The molecule has 1 heterocycles. The van der Waals surface area contributed by atoms with Gasteiger partial charge in [-0.15, -0.1) is 0 Å². The van der Waals surface area contributed by atoms with Gasteiger partial charge in [0.1, 0.15) is 28.2 Å². The summed E-state index contributed by atoms with van der Waals surface area (Å²) in [7, 11) is -4.24. The van der Waals surface area contributed by atoms with Crippen LogP contribution in [0.1, 0.15) is 12.0 Å². The zero-order valence-corrected chi connectivity index (χ0v) is 16.1. The number of piperazine rings is 1. The Morgan fingerprint density at radius 3 is 2.10 bits per heavy atom. The molecule has 156 valence electrons. The molecule has 29 heavy (non-hydrogen) atoms. The number of amides is 1. The molecule has 0 radical (unpaired) electrons. The molecule has 2 aromatic rings. The third-order valence-electron chi connectivity index (χ3n) is 4.72. The summed E-state index contributed by atoms with van der Waals surface area (Å²) in [4.78, 5) is 13.0. The van der Waals surface area contributed by atoms with Gasteiger partial charge in [0.05, 0.1) is 0 Å². The summed E-state index contributed by atoms with van der Waals surface area (Å²) >= 11 is 0. The molecule has 10 heteroatoms. The zero-order chi connectivity index (χ0) is 21.2. The average molecular weight is 430 g/mol. The number of nitrogens with zero attached hydrogens (tertiary/aromatic N) is 2. The van der Waals surface area contributed by atoms with Gasteiger partial charge >= 0.3 is 0 Å². The van der Waals surface area contributed by atoms with Gasteiger partial charge in [0.15, 0.2) is 0 Å². The SMILES string of the molecule is O=C(CCc1cc(F)ccc1F)N1CCN(S(=O)(=O)c2cc(F)ccc2F)CC1. The molecule has 0 aromatic heterocycles. The van der Waals surface area contributed by atoms with Gasteiger partial charge in [-0.3, -0.25) is 4.79 Å². The van der Waals surface area contributed by atoms with E-state index in [1.165, 1.54) is 4.90 Å². The van der Waals surface area contributed by atoms with Crippen LogP contribution in [0, 0.1) is 23.3 Å². The Morgan fingerprint density at radius 1 is 0.862 bits per heavy atom. The summed E-state index contributed by atoms with van der Waals surface area (Å²) in [5.41, 5.74) is 0.0844. The van der Waals surface area contributed by atoms with Crippen molar-refractivity contribution in [2.45, 2.75) is 17.7 Å². The van der Waals surface area contributed by atoms with E-state index in [1.807, 2.05) is 0 Å². The highest BCUT2D eigenvalue weighted by molar-refractivity contribution is 7.89. The lowest BCUT2D eigenvalue weighted by Crippen LogP contribution is -2.50. The molecule has 3 rings (SSSR count). The van der Waals surface area contributed by atoms with Crippen molar-refractivity contribution in [1.29, 1.82) is 0 Å². The summed E-state index contributed by atoms with van der Waals surface area (Å²) in [6.45, 7) is -0.0576. The van der Waals surface area contributed by atoms with Crippen LogP contribution in [0.2, 0.25) is 0 Å². The fourth-order valence-corrected chi connectivity index (χ4v) is 4.62. The summed E-state index contributed by atoms with van der Waals surface area (Å²) in [6, 6.07) is 5.20. The van der Waals surface area contributed by atoms with E-state index in [2.05, 4.69) is 0 Å². The maximum atomic E-state index is 13.9. The van der Waals surface area contributed by atoms with E-state index in [1.54, 1.807) is 0 Å². The Hall–Kier alpha value is -2.46. The van der Waals surface area contributed by atoms with Crippen LogP contribution in [0.3, 0.4) is 0 Å². The van der Waals surface area contributed by atoms with E-state index >= 15 is 0 Å². The number of hydrogen-bond acceptors (Lipinski definition) is 3. The molecule has 0 bridgehead atoms. The Labute approximate surface area is 165 Å². The normalized spacial score (nSPS) is 15.5. The number of aryl methyl sites for hydroxylation is 1. The van der Waals surface area contributed by atoms with E-state index in [0.29, 0.717) is 6.07 Å². The van der Waals surface area contributed by atoms with Crippen molar-refractivity contribution in [3.8, 4) is 0 Å². The first-order valence-corrected chi connectivity index (χ1v) is 10.3. The van der Waals surface area contributed by atoms with E-state index in [9.17, 15) is 30.8 Å². The second-order valence-electron chi connectivity index (χ2n) is 6.60. The van der Waals surface area contributed by atoms with Crippen molar-refractivity contribution in [1.82, 2.24) is 9.21 Å². The standard InChI is InChI=1S/C19H18F4N2O3S/c20-14-2-4-16(22)13(11-14)1-6-19(26)24-7-9-25(10-8-24)29(27,28)18-12-15(21)3-5-17(18)23/h2-5,11-12H,1,6-10H2. The fraction of sp³-hybridized carbons (Fsp3) is 0.316. The molecule has 0 saturated carbocycles. The highest BCUT2D eigenvalue weighted by Gasteiger charge is 2.32. The lowest BCUT2D eigenvalue weighted by atomic mass is 10.1. The largest absolute Gasteiger partial charge is 0.340 e. The topological polar surface area (TPSA) is 57.7 Å². The van der Waals surface area contributed by atoms with Gasteiger partial charge in [0.2, 0.25) is 15.9 Å². The number of rotatable bonds is 5. The number of carbonyl (C=O) groups excluding carboxylic acids is 1. The number of hydrogen-bond donors (Lipinski definition) is 0. The predicted octanol–water partition coefficient (Wildman–Crippen LogP) is 2.71. The molecule has 1 amide bonds. The molecule has 1 saturated heterocycles. The van der Waals surface area contributed by atoms with Crippen LogP contribution in [0.15, 0.2) is 41.3 Å². The van der Waals surface area contributed by atoms with Crippen LogP contribution in [0.25, 0.3) is 0 Å². The Bertz CT molecular complexity index is 1020. The average Bonchev–Trinajstić information content (AvgIpc) is 2.70. The molecule has 5 nitrogen and oxygen atoms in total. The van der Waals surface area contributed by atoms with Gasteiger partial charge < -0.3 is 4.90 Å². The number of sulfonamides is 1. The molecular formula is C19H18F4N2O3S. The van der Waals surface area contributed by atoms with E-state index in [-0.39, 0.29) is 50.5 Å². The first-order valence-electron chi connectivity index (χ1n) is 8.85. The monoisotopic (exact) mass is 430 g/mol. The molecule has 1 aliphatic rings. The molecule has 0 atom stereocenters. The van der Waals surface area contributed by atoms with Crippen molar-refractivity contribution in [2.24, 2.45) is 0 Å². The third-order valence-corrected chi connectivity index (χ3v) is 6.63. The summed E-state index contributed by atoms with van der Waals surface area (Å²) in [5, 5.41) is 0. The highest BCUT2D eigenvalue weighted by Crippen LogP contribution is 2.22. The maximum absolute atomic E-state index is 13.9. The Balaban J connectivity index is 1.60. The minimum absolute atomic E-state index is 0.00937. The molecule has 1 aliphatic heterocycles. The zero-order valence-electron chi connectivity index (χ0n) is 15.2. The molecule has 0 N–H and O–H groups in total. The van der Waals surface area contributed by atoms with Crippen LogP contribution >= 0.6 is 0 Å². The number of carbonyl (C=O) groups is 1. The van der Waals surface area contributed by atoms with Crippen LogP contribution < -0.4 is 0 Å². The lowest BCUT2D eigenvalue weighted by molar-refractivity contribution is -0.132. The van der Waals surface area contributed by atoms with Crippen molar-refractivity contribution < 1.29 is 30.8 Å². The van der Waals surface area contributed by atoms with E-state index in [0.717, 1.165) is 34.6 Å². The molecule has 1 fully saturated rings. The minimum Gasteiger partial charge on any atom is -0.340 e. The molecule has 0 spiro atoms. The van der Waals surface area contributed by atoms with Gasteiger partial charge in [-0.05, 0) is 48.4 Å². The van der Waals surface area contributed by atoms with Gasteiger partial charge in [0.25, 0.3) is 0 Å². The molecular weight excluding hydrogens is 412 g/mol. The molecule has 0 aliphatic carbocycles. The van der Waals surface area contributed by atoms with E-state index in [4.69, 9.17) is 0 Å². The van der Waals surface area contributed by atoms with Crippen molar-refractivity contribution in [2.75, 3.05) is 26.2 Å². The van der Waals surface area contributed by atoms with Crippen LogP contribution in [-0.2, 0) is 21.2 Å². The second kappa shape index (κ2) is 8.50. The van der Waals surface area contributed by atoms with Gasteiger partial charge in [-0.1, -0.05) is 0 Å². The van der Waals surface area contributed by atoms with Gasteiger partial charge in [0, 0.05) is 32.6 Å². The van der Waals surface area contributed by atoms with Crippen LogP contribution in [0.4, 0.5) is 17.6 Å². The Kier molecular flexibility index (Phi) is 6.23. The lowest BCUT2D eigenvalue weighted by Gasteiger charge is -2.34. The summed E-state index contributed by atoms with van der Waals surface area (Å²) in [6.07, 6.45) is -0.0545. The number of benzene rings is 2. The summed E-state index contributed by atoms with van der Waals surface area (Å²) < 4.78 is 80.1. The predicted molar refractivity (Wildman–Crippen MR) is 96.4 cm³/mol. The first kappa shape index (κ1) is 21.3. The Morgan fingerprint density at radius 2 is 1.45 bits per heavy atom. The van der Waals surface area contributed by atoms with Crippen molar-refractivity contribution in [3.05, 3.63) is 65.2 Å². The van der Waals surface area contributed by atoms with Crippen LogP contribution in [0.5, 0.6) is 0 Å². The smallest absolute Gasteiger partial charge is 0.246 e. The van der Waals surface area contributed by atoms with Gasteiger partial charge in [-0.2, -0.15) is 4.31 Å². The minimum atomic E-state index is -4.24. The molecule has 2 aromatic carbocycles. The van der Waals surface area contributed by atoms with Crippen molar-refractivity contribution in [3.63, 3.8) is 0 Å². The summed E-state index contributed by atoms with van der Waals surface area (Å²) in [5.74, 6) is -3.46. The first-order chi connectivity index (χ1) is 13.7. The van der Waals surface area contributed by atoms with Crippen molar-refractivity contribution >= 4 is 15.9 Å². The third kappa shape index (κ3) is 4.76. The number of halogens is 4. The maximum Gasteiger partial charge on any atom is 0.246 e. The second-order valence-corrected chi connectivity index (χ2v) is 8.50. The van der Waals surface area contributed by atoms with Crippen LogP contribution in [-0.4, -0.2) is 49.7 Å². The van der Waals surface area contributed by atoms with Gasteiger partial charge in [-0.25, -0.2) is 26.0 Å². The highest BCUT2D eigenvalue weighted by atomic mass is 32.2.